The Morgan fingerprint density at radius 1 is 1.32 bits per heavy atom. The van der Waals surface area contributed by atoms with Crippen LogP contribution in [0.5, 0.6) is 11.6 Å². The summed E-state index contributed by atoms with van der Waals surface area (Å²) in [7, 11) is 0. The smallest absolute Gasteiger partial charge is 0.223 e. The minimum absolute atomic E-state index is 0.469. The van der Waals surface area contributed by atoms with Crippen molar-refractivity contribution in [2.45, 2.75) is 20.3 Å². The third-order valence-electron chi connectivity index (χ3n) is 2.57. The minimum atomic E-state index is 0.469. The second-order valence-electron chi connectivity index (χ2n) is 3.99. The van der Waals surface area contributed by atoms with Crippen LogP contribution >= 0.6 is 15.9 Å². The van der Waals surface area contributed by atoms with Gasteiger partial charge in [0.05, 0.1) is 11.6 Å². The number of benzene rings is 1. The lowest BCUT2D eigenvalue weighted by molar-refractivity contribution is 0.454. The highest BCUT2D eigenvalue weighted by Gasteiger charge is 2.07. The Kier molecular flexibility index (Phi) is 4.13. The standard InChI is InChI=1S/C14H12BrN3O/c1-3-13-17-12(15)7-14(18-13)19-11-6-10(8-16)5-4-9(11)2/h4-7H,3H2,1-2H3. The molecule has 0 radical (unpaired) electrons. The lowest BCUT2D eigenvalue weighted by Gasteiger charge is -2.09. The average molecular weight is 318 g/mol. The monoisotopic (exact) mass is 317 g/mol. The van der Waals surface area contributed by atoms with Gasteiger partial charge < -0.3 is 4.74 Å². The van der Waals surface area contributed by atoms with E-state index in [4.69, 9.17) is 10.00 Å². The first-order chi connectivity index (χ1) is 9.12. The molecule has 1 aromatic heterocycles. The highest BCUT2D eigenvalue weighted by Crippen LogP contribution is 2.26. The number of aromatic nitrogens is 2. The molecule has 0 saturated carbocycles. The fraction of sp³-hybridized carbons (Fsp3) is 0.214. The summed E-state index contributed by atoms with van der Waals surface area (Å²) >= 11 is 3.33. The summed E-state index contributed by atoms with van der Waals surface area (Å²) in [5.41, 5.74) is 1.51. The molecule has 0 aliphatic rings. The molecular formula is C14H12BrN3O. The van der Waals surface area contributed by atoms with E-state index in [-0.39, 0.29) is 0 Å². The Labute approximate surface area is 120 Å². The van der Waals surface area contributed by atoms with Crippen molar-refractivity contribution in [2.75, 3.05) is 0 Å². The second kappa shape index (κ2) is 5.81. The second-order valence-corrected chi connectivity index (χ2v) is 4.81. The van der Waals surface area contributed by atoms with Crippen molar-refractivity contribution in [2.24, 2.45) is 0 Å². The molecule has 0 aliphatic heterocycles. The van der Waals surface area contributed by atoms with E-state index >= 15 is 0 Å². The molecule has 0 amide bonds. The number of rotatable bonds is 3. The van der Waals surface area contributed by atoms with E-state index in [2.05, 4.69) is 32.0 Å². The SMILES string of the molecule is CCc1nc(Br)cc(Oc2cc(C#N)ccc2C)n1. The van der Waals surface area contributed by atoms with Crippen molar-refractivity contribution in [1.29, 1.82) is 5.26 Å². The van der Waals surface area contributed by atoms with Gasteiger partial charge in [-0.2, -0.15) is 10.2 Å². The zero-order chi connectivity index (χ0) is 13.8. The van der Waals surface area contributed by atoms with Crippen molar-refractivity contribution >= 4 is 15.9 Å². The van der Waals surface area contributed by atoms with Crippen LogP contribution in [0.3, 0.4) is 0 Å². The summed E-state index contributed by atoms with van der Waals surface area (Å²) in [4.78, 5) is 8.52. The maximum atomic E-state index is 8.91. The zero-order valence-electron chi connectivity index (χ0n) is 10.6. The van der Waals surface area contributed by atoms with E-state index < -0.39 is 0 Å². The van der Waals surface area contributed by atoms with Crippen LogP contribution in [0.25, 0.3) is 0 Å². The van der Waals surface area contributed by atoms with E-state index in [0.717, 1.165) is 12.0 Å². The molecule has 0 atom stereocenters. The Bertz CT molecular complexity index is 650. The lowest BCUT2D eigenvalue weighted by atomic mass is 10.1. The first kappa shape index (κ1) is 13.5. The predicted octanol–water partition coefficient (Wildman–Crippen LogP) is 3.77. The average Bonchev–Trinajstić information content (AvgIpc) is 2.40. The van der Waals surface area contributed by atoms with Gasteiger partial charge >= 0.3 is 0 Å². The Morgan fingerprint density at radius 3 is 2.79 bits per heavy atom. The van der Waals surface area contributed by atoms with Gasteiger partial charge in [0.25, 0.3) is 0 Å². The van der Waals surface area contributed by atoms with Crippen LogP contribution in [-0.4, -0.2) is 9.97 Å². The first-order valence-electron chi connectivity index (χ1n) is 5.84. The number of halogens is 1. The number of ether oxygens (including phenoxy) is 1. The number of hydrogen-bond donors (Lipinski definition) is 0. The molecule has 0 spiro atoms. The maximum Gasteiger partial charge on any atom is 0.223 e. The van der Waals surface area contributed by atoms with Gasteiger partial charge in [0.15, 0.2) is 0 Å². The van der Waals surface area contributed by atoms with Crippen LogP contribution in [0.15, 0.2) is 28.9 Å². The Hall–Kier alpha value is -1.93. The van der Waals surface area contributed by atoms with Crippen molar-refractivity contribution in [3.05, 3.63) is 45.8 Å². The molecule has 1 heterocycles. The van der Waals surface area contributed by atoms with Gasteiger partial charge in [-0.05, 0) is 40.5 Å². The summed E-state index contributed by atoms with van der Waals surface area (Å²) in [5.74, 6) is 1.81. The lowest BCUT2D eigenvalue weighted by Crippen LogP contribution is -1.97. The van der Waals surface area contributed by atoms with Gasteiger partial charge in [0.2, 0.25) is 5.88 Å². The zero-order valence-corrected chi connectivity index (χ0v) is 12.2. The third kappa shape index (κ3) is 3.30. The fourth-order valence-corrected chi connectivity index (χ4v) is 1.95. The van der Waals surface area contributed by atoms with Crippen molar-refractivity contribution in [3.63, 3.8) is 0 Å². The number of aryl methyl sites for hydroxylation is 2. The number of nitrogens with zero attached hydrogens (tertiary/aromatic N) is 3. The Balaban J connectivity index is 2.36. The van der Waals surface area contributed by atoms with Crippen LogP contribution in [-0.2, 0) is 6.42 Å². The van der Waals surface area contributed by atoms with Gasteiger partial charge in [-0.3, -0.25) is 0 Å². The van der Waals surface area contributed by atoms with Gasteiger partial charge in [0, 0.05) is 12.5 Å². The van der Waals surface area contributed by atoms with E-state index in [0.29, 0.717) is 27.6 Å². The van der Waals surface area contributed by atoms with Gasteiger partial charge in [-0.25, -0.2) is 4.98 Å². The molecule has 0 unspecified atom stereocenters. The van der Waals surface area contributed by atoms with E-state index in [1.807, 2.05) is 19.9 Å². The van der Waals surface area contributed by atoms with Crippen LogP contribution < -0.4 is 4.74 Å². The van der Waals surface area contributed by atoms with E-state index in [1.165, 1.54) is 0 Å². The van der Waals surface area contributed by atoms with Gasteiger partial charge in [-0.1, -0.05) is 13.0 Å². The molecule has 0 fully saturated rings. The summed E-state index contributed by atoms with van der Waals surface area (Å²) in [6, 6.07) is 9.12. The molecule has 0 saturated heterocycles. The maximum absolute atomic E-state index is 8.91. The number of hydrogen-bond acceptors (Lipinski definition) is 4. The van der Waals surface area contributed by atoms with Gasteiger partial charge in [0.1, 0.15) is 16.2 Å². The molecule has 1 aromatic carbocycles. The highest BCUT2D eigenvalue weighted by atomic mass is 79.9. The largest absolute Gasteiger partial charge is 0.439 e. The topological polar surface area (TPSA) is 58.8 Å². The van der Waals surface area contributed by atoms with Crippen LogP contribution in [0.2, 0.25) is 0 Å². The van der Waals surface area contributed by atoms with Crippen molar-refractivity contribution in [1.82, 2.24) is 9.97 Å². The van der Waals surface area contributed by atoms with Crippen molar-refractivity contribution in [3.8, 4) is 17.7 Å². The highest BCUT2D eigenvalue weighted by molar-refractivity contribution is 9.10. The summed E-state index contributed by atoms with van der Waals surface area (Å²) in [6.45, 7) is 3.90. The normalized spacial score (nSPS) is 10.0. The quantitative estimate of drug-likeness (QED) is 0.808. The summed E-state index contributed by atoms with van der Waals surface area (Å²) in [5, 5.41) is 8.91. The summed E-state index contributed by atoms with van der Waals surface area (Å²) < 4.78 is 6.43. The molecule has 0 bridgehead atoms. The molecule has 0 aliphatic carbocycles. The van der Waals surface area contributed by atoms with Gasteiger partial charge in [-0.15, -0.1) is 0 Å². The first-order valence-corrected chi connectivity index (χ1v) is 6.63. The molecule has 4 nitrogen and oxygen atoms in total. The van der Waals surface area contributed by atoms with Crippen LogP contribution in [0.4, 0.5) is 0 Å². The van der Waals surface area contributed by atoms with Crippen molar-refractivity contribution < 1.29 is 4.74 Å². The van der Waals surface area contributed by atoms with Crippen LogP contribution in [0, 0.1) is 18.3 Å². The molecule has 19 heavy (non-hydrogen) atoms. The molecule has 96 valence electrons. The molecule has 0 N–H and O–H groups in total. The predicted molar refractivity (Wildman–Crippen MR) is 75.1 cm³/mol. The molecular weight excluding hydrogens is 306 g/mol. The summed E-state index contributed by atoms with van der Waals surface area (Å²) in [6.07, 6.45) is 0.729. The molecule has 2 aromatic rings. The molecule has 5 heteroatoms. The number of nitriles is 1. The van der Waals surface area contributed by atoms with E-state index in [1.54, 1.807) is 18.2 Å². The molecule has 2 rings (SSSR count). The third-order valence-corrected chi connectivity index (χ3v) is 2.97. The van der Waals surface area contributed by atoms with Crippen LogP contribution in [0.1, 0.15) is 23.9 Å². The van der Waals surface area contributed by atoms with E-state index in [9.17, 15) is 0 Å². The Morgan fingerprint density at radius 2 is 2.11 bits per heavy atom. The minimum Gasteiger partial charge on any atom is -0.439 e. The fourth-order valence-electron chi connectivity index (χ4n) is 1.54.